The minimum Gasteiger partial charge on any atom is -0.352 e. The van der Waals surface area contributed by atoms with Crippen molar-refractivity contribution in [1.29, 1.82) is 0 Å². The molecule has 0 radical (unpaired) electrons. The second-order valence-electron chi connectivity index (χ2n) is 6.59. The molecule has 0 spiro atoms. The third-order valence-corrected chi connectivity index (χ3v) is 6.05. The van der Waals surface area contributed by atoms with E-state index in [2.05, 4.69) is 33.2 Å². The molecule has 0 aliphatic heterocycles. The van der Waals surface area contributed by atoms with Crippen LogP contribution >= 0.6 is 27.7 Å². The predicted molar refractivity (Wildman–Crippen MR) is 105 cm³/mol. The molecule has 2 atom stereocenters. The SMILES string of the molecule is C[C@H]1CCCC[C@@H]1NC(=O)CSCc1cc(=O)n2cc(Br)ccc2n1. The van der Waals surface area contributed by atoms with Gasteiger partial charge in [-0.3, -0.25) is 14.0 Å². The molecular formula is C18H22BrN3O2S. The summed E-state index contributed by atoms with van der Waals surface area (Å²) in [4.78, 5) is 28.8. The van der Waals surface area contributed by atoms with Crippen LogP contribution in [-0.2, 0) is 10.5 Å². The minimum absolute atomic E-state index is 0.0743. The predicted octanol–water partition coefficient (Wildman–Crippen LogP) is 3.39. The molecule has 1 fully saturated rings. The second kappa shape index (κ2) is 8.36. The van der Waals surface area contributed by atoms with Gasteiger partial charge in [-0.2, -0.15) is 0 Å². The van der Waals surface area contributed by atoms with E-state index in [9.17, 15) is 9.59 Å². The van der Waals surface area contributed by atoms with Gasteiger partial charge in [-0.15, -0.1) is 11.8 Å². The first-order valence-corrected chi connectivity index (χ1v) is 10.5. The molecular weight excluding hydrogens is 402 g/mol. The maximum absolute atomic E-state index is 12.2. The highest BCUT2D eigenvalue weighted by Crippen LogP contribution is 2.23. The summed E-state index contributed by atoms with van der Waals surface area (Å²) in [5.74, 6) is 1.58. The maximum atomic E-state index is 12.2. The summed E-state index contributed by atoms with van der Waals surface area (Å²) < 4.78 is 2.34. The van der Waals surface area contributed by atoms with Gasteiger partial charge in [0.2, 0.25) is 5.91 Å². The Bertz CT molecular complexity index is 824. The summed E-state index contributed by atoms with van der Waals surface area (Å²) in [5.41, 5.74) is 1.21. The second-order valence-corrected chi connectivity index (χ2v) is 8.49. The number of halogens is 1. The molecule has 2 aromatic heterocycles. The number of nitrogens with one attached hydrogen (secondary N) is 1. The van der Waals surface area contributed by atoms with Crippen LogP contribution in [0.1, 0.15) is 38.3 Å². The molecule has 5 nitrogen and oxygen atoms in total. The van der Waals surface area contributed by atoms with Crippen LogP contribution < -0.4 is 10.9 Å². The van der Waals surface area contributed by atoms with Gasteiger partial charge in [-0.1, -0.05) is 19.8 Å². The average molecular weight is 424 g/mol. The first-order chi connectivity index (χ1) is 12.0. The third kappa shape index (κ3) is 4.85. The van der Waals surface area contributed by atoms with Gasteiger partial charge in [-0.25, -0.2) is 4.98 Å². The van der Waals surface area contributed by atoms with Gasteiger partial charge < -0.3 is 5.32 Å². The summed E-state index contributed by atoms with van der Waals surface area (Å²) in [5, 5.41) is 3.15. The van der Waals surface area contributed by atoms with Gasteiger partial charge in [-0.05, 0) is 46.8 Å². The summed E-state index contributed by atoms with van der Waals surface area (Å²) in [6.07, 6.45) is 6.45. The van der Waals surface area contributed by atoms with Gasteiger partial charge in [0.05, 0.1) is 11.4 Å². The highest BCUT2D eigenvalue weighted by molar-refractivity contribution is 9.10. The fourth-order valence-electron chi connectivity index (χ4n) is 3.23. The van der Waals surface area contributed by atoms with E-state index < -0.39 is 0 Å². The van der Waals surface area contributed by atoms with Crippen molar-refractivity contribution in [1.82, 2.24) is 14.7 Å². The van der Waals surface area contributed by atoms with Crippen molar-refractivity contribution in [2.45, 2.75) is 44.4 Å². The number of carbonyl (C=O) groups is 1. The van der Waals surface area contributed by atoms with E-state index in [4.69, 9.17) is 0 Å². The molecule has 25 heavy (non-hydrogen) atoms. The number of thioether (sulfide) groups is 1. The standard InChI is InChI=1S/C18H22BrN3O2S/c1-12-4-2-3-5-15(12)21-17(23)11-25-10-14-8-18(24)22-9-13(19)6-7-16(22)20-14/h6-9,12,15H,2-5,10-11H2,1H3,(H,21,23)/t12-,15-/m0/s1. The smallest absolute Gasteiger partial charge is 0.258 e. The Hall–Kier alpha value is -1.34. The van der Waals surface area contributed by atoms with E-state index in [1.807, 2.05) is 6.07 Å². The molecule has 0 bridgehead atoms. The van der Waals surface area contributed by atoms with Crippen LogP contribution in [0.3, 0.4) is 0 Å². The van der Waals surface area contributed by atoms with E-state index >= 15 is 0 Å². The number of hydrogen-bond donors (Lipinski definition) is 1. The number of pyridine rings is 1. The van der Waals surface area contributed by atoms with Crippen molar-refractivity contribution in [2.75, 3.05) is 5.75 Å². The molecule has 1 saturated carbocycles. The van der Waals surface area contributed by atoms with Gasteiger partial charge >= 0.3 is 0 Å². The summed E-state index contributed by atoms with van der Waals surface area (Å²) in [7, 11) is 0. The van der Waals surface area contributed by atoms with Crippen LogP contribution in [0, 0.1) is 5.92 Å². The zero-order valence-electron chi connectivity index (χ0n) is 14.2. The lowest BCUT2D eigenvalue weighted by atomic mass is 9.86. The summed E-state index contributed by atoms with van der Waals surface area (Å²) >= 11 is 4.84. The molecule has 3 rings (SSSR count). The van der Waals surface area contributed by atoms with Gasteiger partial charge in [0.1, 0.15) is 5.65 Å². The number of amides is 1. The zero-order valence-corrected chi connectivity index (χ0v) is 16.6. The van der Waals surface area contributed by atoms with Crippen LogP contribution in [0.4, 0.5) is 0 Å². The molecule has 1 N–H and O–H groups in total. The van der Waals surface area contributed by atoms with Crippen LogP contribution in [0.15, 0.2) is 33.7 Å². The quantitative estimate of drug-likeness (QED) is 0.800. The Kier molecular flexibility index (Phi) is 6.17. The lowest BCUT2D eigenvalue weighted by molar-refractivity contribution is -0.119. The van der Waals surface area contributed by atoms with E-state index in [-0.39, 0.29) is 11.5 Å². The van der Waals surface area contributed by atoms with Crippen molar-refractivity contribution < 1.29 is 4.79 Å². The van der Waals surface area contributed by atoms with Crippen LogP contribution in [0.2, 0.25) is 0 Å². The first-order valence-electron chi connectivity index (χ1n) is 8.58. The summed E-state index contributed by atoms with van der Waals surface area (Å²) in [6.45, 7) is 2.21. The zero-order chi connectivity index (χ0) is 17.8. The molecule has 2 heterocycles. The Morgan fingerprint density at radius 1 is 1.40 bits per heavy atom. The molecule has 1 amide bonds. The van der Waals surface area contributed by atoms with Crippen LogP contribution in [0.25, 0.3) is 5.65 Å². The largest absolute Gasteiger partial charge is 0.352 e. The van der Waals surface area contributed by atoms with Crippen molar-refractivity contribution in [3.63, 3.8) is 0 Å². The molecule has 7 heteroatoms. The lowest BCUT2D eigenvalue weighted by Crippen LogP contribution is -2.41. The van der Waals surface area contributed by atoms with Crippen molar-refractivity contribution in [3.8, 4) is 0 Å². The number of hydrogen-bond acceptors (Lipinski definition) is 4. The Morgan fingerprint density at radius 2 is 2.20 bits per heavy atom. The molecule has 2 aromatic rings. The topological polar surface area (TPSA) is 63.5 Å². The Balaban J connectivity index is 1.55. The van der Waals surface area contributed by atoms with Crippen molar-refractivity contribution in [2.24, 2.45) is 5.92 Å². The van der Waals surface area contributed by atoms with E-state index in [0.717, 1.165) is 10.9 Å². The van der Waals surface area contributed by atoms with E-state index in [0.29, 0.717) is 34.8 Å². The number of fused-ring (bicyclic) bond motifs is 1. The molecule has 1 aliphatic rings. The normalized spacial score (nSPS) is 20.6. The monoisotopic (exact) mass is 423 g/mol. The Labute approximate surface area is 159 Å². The highest BCUT2D eigenvalue weighted by atomic mass is 79.9. The maximum Gasteiger partial charge on any atom is 0.258 e. The van der Waals surface area contributed by atoms with E-state index in [1.165, 1.54) is 41.5 Å². The number of aromatic nitrogens is 2. The number of rotatable bonds is 5. The molecule has 0 saturated heterocycles. The van der Waals surface area contributed by atoms with Crippen molar-refractivity contribution in [3.05, 3.63) is 44.9 Å². The molecule has 0 unspecified atom stereocenters. The third-order valence-electron chi connectivity index (χ3n) is 4.62. The first kappa shape index (κ1) is 18.5. The fraction of sp³-hybridized carbons (Fsp3) is 0.500. The van der Waals surface area contributed by atoms with Gasteiger partial charge in [0.15, 0.2) is 0 Å². The molecule has 134 valence electrons. The van der Waals surface area contributed by atoms with Crippen LogP contribution in [-0.4, -0.2) is 27.1 Å². The highest BCUT2D eigenvalue weighted by Gasteiger charge is 2.22. The molecule has 1 aliphatic carbocycles. The summed E-state index contributed by atoms with van der Waals surface area (Å²) in [6, 6.07) is 5.51. The molecule has 0 aromatic carbocycles. The number of nitrogens with zero attached hydrogens (tertiary/aromatic N) is 2. The van der Waals surface area contributed by atoms with Gasteiger partial charge in [0.25, 0.3) is 5.56 Å². The fourth-order valence-corrected chi connectivity index (χ4v) is 4.29. The average Bonchev–Trinajstić information content (AvgIpc) is 2.58. The lowest BCUT2D eigenvalue weighted by Gasteiger charge is -2.29. The number of carbonyl (C=O) groups excluding carboxylic acids is 1. The Morgan fingerprint density at radius 3 is 3.00 bits per heavy atom. The van der Waals surface area contributed by atoms with Crippen molar-refractivity contribution >= 4 is 39.2 Å². The van der Waals surface area contributed by atoms with Crippen LogP contribution in [0.5, 0.6) is 0 Å². The van der Waals surface area contributed by atoms with E-state index in [1.54, 1.807) is 12.3 Å². The van der Waals surface area contributed by atoms with Gasteiger partial charge in [0, 0.05) is 28.5 Å². The minimum atomic E-state index is -0.109.